The molecule has 0 unspecified atom stereocenters. The molecule has 0 atom stereocenters. The summed E-state index contributed by atoms with van der Waals surface area (Å²) in [5.41, 5.74) is 4.07. The van der Waals surface area contributed by atoms with Crippen LogP contribution in [0.5, 0.6) is 11.5 Å². The van der Waals surface area contributed by atoms with E-state index in [0.717, 1.165) is 66.1 Å². The molecule has 190 valence electrons. The molecule has 2 fully saturated rings. The van der Waals surface area contributed by atoms with Gasteiger partial charge in [0, 0.05) is 30.0 Å². The molecule has 1 aliphatic carbocycles. The Morgan fingerprint density at radius 3 is 2.50 bits per heavy atom. The number of aryl methyl sites for hydroxylation is 2. The monoisotopic (exact) mass is 516 g/mol. The maximum Gasteiger partial charge on any atom is 1.00 e. The summed E-state index contributed by atoms with van der Waals surface area (Å²) in [5, 5.41) is 2.98. The quantitative estimate of drug-likeness (QED) is 0.430. The van der Waals surface area contributed by atoms with E-state index in [1.165, 1.54) is 19.5 Å². The minimum absolute atomic E-state index is 0. The number of anilines is 1. The maximum atomic E-state index is 12.1. The fourth-order valence-corrected chi connectivity index (χ4v) is 4.19. The van der Waals surface area contributed by atoms with Gasteiger partial charge in [-0.05, 0) is 44.4 Å². The van der Waals surface area contributed by atoms with Gasteiger partial charge in [-0.3, -0.25) is 27.7 Å². The zero-order valence-corrected chi connectivity index (χ0v) is 25.3. The number of hydrogen-bond acceptors (Lipinski definition) is 5. The third-order valence-electron chi connectivity index (χ3n) is 6.67. The van der Waals surface area contributed by atoms with Crippen LogP contribution in [-0.2, 0) is 9.59 Å². The van der Waals surface area contributed by atoms with Gasteiger partial charge in [0.1, 0.15) is 5.75 Å². The van der Waals surface area contributed by atoms with Crippen molar-refractivity contribution in [2.75, 3.05) is 38.7 Å². The average Bonchev–Trinajstić information content (AvgIpc) is 2.84. The SMILES string of the molecule is COc1cc(NC(=O)C2CC[CH-]CC2)ccc1C.[CH2-]c1c(C)cc(OCCN2CCC2)cc1[C-]=O.[K+]. The van der Waals surface area contributed by atoms with Crippen LogP contribution in [0, 0.1) is 33.1 Å². The van der Waals surface area contributed by atoms with Gasteiger partial charge in [0.2, 0.25) is 5.91 Å². The molecule has 1 N–H and O–H groups in total. The summed E-state index contributed by atoms with van der Waals surface area (Å²) in [6, 6.07) is 9.38. The summed E-state index contributed by atoms with van der Waals surface area (Å²) in [7, 11) is 1.64. The summed E-state index contributed by atoms with van der Waals surface area (Å²) in [6.07, 6.45) is 9.48. The number of carbonyl (C=O) groups is 1. The standard InChI is InChI=1S/C15H20NO2.C14H17NO2.K/c1-11-8-9-13(10-14(11)18-2)16-15(17)12-6-4-3-5-7-12;1-11-8-14(9-13(10-16)12(11)2)17-7-6-15-4-3-5-15;/h3,8-10,12H,4-7H2,1-2H3,(H,16,17);8-9H,2-7H2,1H3;/q-1;-2;+1. The van der Waals surface area contributed by atoms with Crippen LogP contribution in [0.15, 0.2) is 30.3 Å². The Hall–Kier alpha value is -1.35. The van der Waals surface area contributed by atoms with E-state index >= 15 is 0 Å². The Bertz CT molecular complexity index is 1000. The molecule has 2 aromatic carbocycles. The Labute approximate surface area is 258 Å². The van der Waals surface area contributed by atoms with Gasteiger partial charge in [0.05, 0.1) is 13.7 Å². The largest absolute Gasteiger partial charge is 1.00 e. The van der Waals surface area contributed by atoms with Crippen molar-refractivity contribution in [2.45, 2.75) is 46.0 Å². The van der Waals surface area contributed by atoms with Gasteiger partial charge in [-0.2, -0.15) is 18.9 Å². The first-order chi connectivity index (χ1) is 16.9. The van der Waals surface area contributed by atoms with Gasteiger partial charge in [-0.15, -0.1) is 0 Å². The minimum Gasteiger partial charge on any atom is -0.507 e. The number of ether oxygens (including phenoxy) is 2. The van der Waals surface area contributed by atoms with Crippen LogP contribution < -0.4 is 66.2 Å². The fourth-order valence-electron chi connectivity index (χ4n) is 4.19. The minimum atomic E-state index is 0. The van der Waals surface area contributed by atoms with Crippen molar-refractivity contribution >= 4 is 17.9 Å². The number of benzene rings is 2. The van der Waals surface area contributed by atoms with Gasteiger partial charge >= 0.3 is 51.4 Å². The van der Waals surface area contributed by atoms with Crippen molar-refractivity contribution in [3.8, 4) is 11.5 Å². The molecule has 1 saturated heterocycles. The van der Waals surface area contributed by atoms with Crippen LogP contribution in [0.1, 0.15) is 54.4 Å². The summed E-state index contributed by atoms with van der Waals surface area (Å²) in [6.45, 7) is 11.7. The van der Waals surface area contributed by atoms with Crippen LogP contribution in [-0.4, -0.2) is 50.4 Å². The van der Waals surface area contributed by atoms with E-state index in [-0.39, 0.29) is 63.2 Å². The second-order valence-electron chi connectivity index (χ2n) is 9.23. The third kappa shape index (κ3) is 9.19. The molecular weight excluding hydrogens is 479 g/mol. The first-order valence-corrected chi connectivity index (χ1v) is 12.4. The van der Waals surface area contributed by atoms with Crippen LogP contribution in [0.2, 0.25) is 0 Å². The molecule has 36 heavy (non-hydrogen) atoms. The molecule has 0 spiro atoms. The van der Waals surface area contributed by atoms with E-state index in [0.29, 0.717) is 12.2 Å². The van der Waals surface area contributed by atoms with Crippen molar-refractivity contribution in [2.24, 2.45) is 5.92 Å². The number of nitrogens with one attached hydrogen (secondary N) is 1. The molecular formula is C29H37KN2O4-2. The summed E-state index contributed by atoms with van der Waals surface area (Å²) in [4.78, 5) is 25.2. The van der Waals surface area contributed by atoms with E-state index in [4.69, 9.17) is 9.47 Å². The van der Waals surface area contributed by atoms with Crippen molar-refractivity contribution in [1.82, 2.24) is 4.90 Å². The van der Waals surface area contributed by atoms with E-state index in [2.05, 4.69) is 23.6 Å². The zero-order valence-electron chi connectivity index (χ0n) is 22.2. The van der Waals surface area contributed by atoms with Gasteiger partial charge in [0.15, 0.2) is 0 Å². The number of methoxy groups -OCH3 is 1. The van der Waals surface area contributed by atoms with Crippen LogP contribution in [0.3, 0.4) is 0 Å². The molecule has 1 saturated carbocycles. The van der Waals surface area contributed by atoms with Crippen LogP contribution in [0.25, 0.3) is 0 Å². The number of likely N-dealkylation sites (tertiary alicyclic amines) is 1. The van der Waals surface area contributed by atoms with Crippen molar-refractivity contribution < 1.29 is 70.4 Å². The third-order valence-corrected chi connectivity index (χ3v) is 6.67. The first-order valence-electron chi connectivity index (χ1n) is 12.4. The molecule has 0 radical (unpaired) electrons. The normalized spacial score (nSPS) is 15.4. The number of amides is 1. The Morgan fingerprint density at radius 1 is 1.17 bits per heavy atom. The summed E-state index contributed by atoms with van der Waals surface area (Å²) < 4.78 is 10.9. The Morgan fingerprint density at radius 2 is 1.89 bits per heavy atom. The summed E-state index contributed by atoms with van der Waals surface area (Å²) >= 11 is 0. The van der Waals surface area contributed by atoms with Gasteiger partial charge < -0.3 is 26.0 Å². The van der Waals surface area contributed by atoms with Crippen molar-refractivity contribution in [3.05, 3.63) is 65.9 Å². The topological polar surface area (TPSA) is 67.9 Å². The van der Waals surface area contributed by atoms with Gasteiger partial charge in [0.25, 0.3) is 0 Å². The second-order valence-corrected chi connectivity index (χ2v) is 9.23. The maximum absolute atomic E-state index is 12.1. The van der Waals surface area contributed by atoms with Crippen LogP contribution in [0.4, 0.5) is 5.69 Å². The van der Waals surface area contributed by atoms with Crippen molar-refractivity contribution in [3.63, 3.8) is 0 Å². The molecule has 4 rings (SSSR count). The fraction of sp³-hybridized carbons (Fsp3) is 0.448. The molecule has 7 heteroatoms. The number of hydrogen-bond donors (Lipinski definition) is 1. The first kappa shape index (κ1) is 30.9. The molecule has 1 aliphatic heterocycles. The van der Waals surface area contributed by atoms with E-state index in [1.807, 2.05) is 44.4 Å². The Balaban J connectivity index is 0.000000247. The van der Waals surface area contributed by atoms with E-state index in [9.17, 15) is 9.59 Å². The van der Waals surface area contributed by atoms with Crippen molar-refractivity contribution in [1.29, 1.82) is 0 Å². The smallest absolute Gasteiger partial charge is 0.507 e. The molecule has 6 nitrogen and oxygen atoms in total. The zero-order chi connectivity index (χ0) is 25.2. The predicted molar refractivity (Wildman–Crippen MR) is 140 cm³/mol. The van der Waals surface area contributed by atoms with E-state index in [1.54, 1.807) is 13.2 Å². The summed E-state index contributed by atoms with van der Waals surface area (Å²) in [5.74, 6) is 1.83. The number of nitrogens with zero attached hydrogens (tertiary/aromatic N) is 1. The Kier molecular flexibility index (Phi) is 13.5. The molecule has 2 aromatic rings. The molecule has 1 amide bonds. The molecule has 0 aromatic heterocycles. The molecule has 2 aliphatic rings. The van der Waals surface area contributed by atoms with Crippen LogP contribution >= 0.6 is 0 Å². The molecule has 0 bridgehead atoms. The number of carbonyl (C=O) groups excluding carboxylic acids is 2. The van der Waals surface area contributed by atoms with E-state index < -0.39 is 0 Å². The number of rotatable bonds is 8. The van der Waals surface area contributed by atoms with Gasteiger partial charge in [-0.1, -0.05) is 31.9 Å². The average molecular weight is 517 g/mol. The van der Waals surface area contributed by atoms with Gasteiger partial charge in [-0.25, -0.2) is 5.56 Å². The second kappa shape index (κ2) is 15.8. The predicted octanol–water partition coefficient (Wildman–Crippen LogP) is 2.06. The molecule has 1 heterocycles.